The van der Waals surface area contributed by atoms with Crippen molar-refractivity contribution in [1.82, 2.24) is 19.5 Å². The van der Waals surface area contributed by atoms with Gasteiger partial charge < -0.3 is 14.3 Å². The third-order valence-corrected chi connectivity index (χ3v) is 6.52. The smallest absolute Gasteiger partial charge is 0.240 e. The van der Waals surface area contributed by atoms with Crippen molar-refractivity contribution in [2.24, 2.45) is 7.05 Å². The highest BCUT2D eigenvalue weighted by Gasteiger charge is 2.17. The number of nitrogens with zero attached hydrogens (tertiary/aromatic N) is 3. The molecule has 0 aliphatic heterocycles. The Bertz CT molecular complexity index is 1090. The van der Waals surface area contributed by atoms with Crippen LogP contribution in [0.25, 0.3) is 11.6 Å². The summed E-state index contributed by atoms with van der Waals surface area (Å²) in [4.78, 5) is 12.4. The Hall–Kier alpha value is -2.63. The van der Waals surface area contributed by atoms with E-state index in [1.165, 1.54) is 24.9 Å². The summed E-state index contributed by atoms with van der Waals surface area (Å²) < 4.78 is 33.4. The highest BCUT2D eigenvalue weighted by Crippen LogP contribution is 2.24. The van der Waals surface area contributed by atoms with Crippen LogP contribution < -0.4 is 10.0 Å². The van der Waals surface area contributed by atoms with E-state index in [0.717, 1.165) is 0 Å². The van der Waals surface area contributed by atoms with Crippen LogP contribution in [0.4, 0.5) is 5.69 Å². The van der Waals surface area contributed by atoms with E-state index in [1.807, 2.05) is 0 Å². The van der Waals surface area contributed by atoms with Gasteiger partial charge in [0.1, 0.15) is 0 Å². The Morgan fingerprint density at radius 2 is 2.07 bits per heavy atom. The number of aromatic nitrogens is 3. The van der Waals surface area contributed by atoms with Gasteiger partial charge in [0.05, 0.1) is 16.9 Å². The van der Waals surface area contributed by atoms with Crippen molar-refractivity contribution in [3.05, 3.63) is 42.2 Å². The van der Waals surface area contributed by atoms with Gasteiger partial charge in [-0.3, -0.25) is 4.79 Å². The number of sulfonamides is 1. The van der Waals surface area contributed by atoms with E-state index in [-0.39, 0.29) is 16.6 Å². The molecule has 11 heteroatoms. The summed E-state index contributed by atoms with van der Waals surface area (Å²) in [5.41, 5.74) is 0.991. The summed E-state index contributed by atoms with van der Waals surface area (Å²) >= 11 is 1.21. The van der Waals surface area contributed by atoms with E-state index < -0.39 is 10.0 Å². The monoisotopic (exact) mass is 421 g/mol. The summed E-state index contributed by atoms with van der Waals surface area (Å²) in [6.45, 7) is 1.69. The van der Waals surface area contributed by atoms with E-state index in [4.69, 9.17) is 4.42 Å². The number of anilines is 1. The molecule has 0 saturated heterocycles. The molecule has 0 atom stereocenters. The zero-order valence-electron chi connectivity index (χ0n) is 15.5. The topological polar surface area (TPSA) is 119 Å². The molecule has 0 radical (unpaired) electrons. The molecule has 28 heavy (non-hydrogen) atoms. The van der Waals surface area contributed by atoms with Gasteiger partial charge in [-0.15, -0.1) is 10.2 Å². The zero-order valence-corrected chi connectivity index (χ0v) is 17.1. The predicted octanol–water partition coefficient (Wildman–Crippen LogP) is 2.02. The number of amides is 1. The van der Waals surface area contributed by atoms with Gasteiger partial charge in [-0.2, -0.15) is 0 Å². The van der Waals surface area contributed by atoms with Crippen molar-refractivity contribution in [1.29, 1.82) is 0 Å². The first-order chi connectivity index (χ1) is 13.3. The number of nitrogens with one attached hydrogen (secondary N) is 2. The first-order valence-corrected chi connectivity index (χ1v) is 10.7. The molecule has 0 bridgehead atoms. The van der Waals surface area contributed by atoms with Gasteiger partial charge in [0.15, 0.2) is 16.7 Å². The summed E-state index contributed by atoms with van der Waals surface area (Å²) in [7, 11) is -0.477. The molecule has 9 nitrogen and oxygen atoms in total. The number of hydrogen-bond donors (Lipinski definition) is 2. The van der Waals surface area contributed by atoms with Gasteiger partial charge in [-0.05, 0) is 43.8 Å². The first-order valence-electron chi connectivity index (χ1n) is 8.22. The predicted molar refractivity (Wildman–Crippen MR) is 105 cm³/mol. The van der Waals surface area contributed by atoms with Crippen molar-refractivity contribution < 1.29 is 17.6 Å². The lowest BCUT2D eigenvalue weighted by Gasteiger charge is -2.10. The highest BCUT2D eigenvalue weighted by molar-refractivity contribution is 7.99. The summed E-state index contributed by atoms with van der Waals surface area (Å²) in [5, 5.41) is 11.4. The molecule has 0 spiro atoms. The van der Waals surface area contributed by atoms with Gasteiger partial charge in [-0.1, -0.05) is 17.8 Å². The van der Waals surface area contributed by atoms with Crippen LogP contribution in [0.3, 0.4) is 0 Å². The van der Waals surface area contributed by atoms with Gasteiger partial charge in [0.25, 0.3) is 0 Å². The van der Waals surface area contributed by atoms with Crippen LogP contribution in [-0.4, -0.2) is 41.9 Å². The molecular formula is C17H19N5O4S2. The third-order valence-electron chi connectivity index (χ3n) is 3.94. The van der Waals surface area contributed by atoms with Gasteiger partial charge in [0, 0.05) is 12.7 Å². The number of thioether (sulfide) groups is 1. The number of carbonyl (C=O) groups is 1. The van der Waals surface area contributed by atoms with Crippen molar-refractivity contribution in [3.8, 4) is 11.6 Å². The van der Waals surface area contributed by atoms with Crippen molar-refractivity contribution in [3.63, 3.8) is 0 Å². The molecule has 1 amide bonds. The standard InChI is InChI=1S/C17H19N5O4S2/c1-11-6-7-12(9-14(11)28(24,25)18-2)19-15(23)10-27-17-21-20-16(22(17)3)13-5-4-8-26-13/h4-9,18H,10H2,1-3H3,(H,19,23). The van der Waals surface area contributed by atoms with Crippen molar-refractivity contribution >= 4 is 33.4 Å². The van der Waals surface area contributed by atoms with Gasteiger partial charge >= 0.3 is 0 Å². The van der Waals surface area contributed by atoms with Crippen LogP contribution in [0.5, 0.6) is 0 Å². The van der Waals surface area contributed by atoms with Crippen molar-refractivity contribution in [2.75, 3.05) is 18.1 Å². The molecule has 0 aliphatic rings. The Kier molecular flexibility index (Phi) is 5.87. The van der Waals surface area contributed by atoms with Crippen LogP contribution >= 0.6 is 11.8 Å². The Morgan fingerprint density at radius 1 is 1.29 bits per heavy atom. The number of furan rings is 1. The van der Waals surface area contributed by atoms with Crippen LogP contribution in [0.2, 0.25) is 0 Å². The van der Waals surface area contributed by atoms with E-state index in [9.17, 15) is 13.2 Å². The van der Waals surface area contributed by atoms with E-state index in [2.05, 4.69) is 20.2 Å². The maximum atomic E-state index is 12.3. The third kappa shape index (κ3) is 4.26. The summed E-state index contributed by atoms with van der Waals surface area (Å²) in [6, 6.07) is 8.27. The Morgan fingerprint density at radius 3 is 2.75 bits per heavy atom. The molecule has 2 N–H and O–H groups in total. The van der Waals surface area contributed by atoms with E-state index in [0.29, 0.717) is 28.0 Å². The fourth-order valence-electron chi connectivity index (χ4n) is 2.47. The minimum atomic E-state index is -3.60. The molecule has 0 fully saturated rings. The first kappa shape index (κ1) is 20.1. The second kappa shape index (κ2) is 8.17. The van der Waals surface area contributed by atoms with Crippen LogP contribution in [0.15, 0.2) is 51.1 Å². The highest BCUT2D eigenvalue weighted by atomic mass is 32.2. The van der Waals surface area contributed by atoms with Crippen LogP contribution in [0, 0.1) is 6.92 Å². The fraction of sp³-hybridized carbons (Fsp3) is 0.235. The maximum Gasteiger partial charge on any atom is 0.240 e. The average molecular weight is 422 g/mol. The lowest BCUT2D eigenvalue weighted by atomic mass is 10.2. The Balaban J connectivity index is 1.67. The van der Waals surface area contributed by atoms with Crippen LogP contribution in [-0.2, 0) is 21.9 Å². The number of hydrogen-bond acceptors (Lipinski definition) is 7. The fourth-order valence-corrected chi connectivity index (χ4v) is 4.17. The van der Waals surface area contributed by atoms with E-state index in [1.54, 1.807) is 49.1 Å². The zero-order chi connectivity index (χ0) is 20.3. The lowest BCUT2D eigenvalue weighted by molar-refractivity contribution is -0.113. The second-order valence-electron chi connectivity index (χ2n) is 5.87. The molecule has 0 aliphatic carbocycles. The van der Waals surface area contributed by atoms with Gasteiger partial charge in [0.2, 0.25) is 15.9 Å². The molecule has 2 heterocycles. The number of benzene rings is 1. The SMILES string of the molecule is CNS(=O)(=O)c1cc(NC(=O)CSc2nnc(-c3ccco3)n2C)ccc1C. The maximum absolute atomic E-state index is 12.3. The molecule has 3 aromatic rings. The molecule has 2 aromatic heterocycles. The molecule has 0 unspecified atom stereocenters. The minimum absolute atomic E-state index is 0.0894. The summed E-state index contributed by atoms with van der Waals surface area (Å²) in [6.07, 6.45) is 1.55. The number of carbonyl (C=O) groups excluding carboxylic acids is 1. The Labute approximate surface area is 166 Å². The number of rotatable bonds is 7. The quantitative estimate of drug-likeness (QED) is 0.560. The minimum Gasteiger partial charge on any atom is -0.461 e. The molecule has 0 saturated carbocycles. The molecule has 3 rings (SSSR count). The van der Waals surface area contributed by atoms with E-state index >= 15 is 0 Å². The lowest BCUT2D eigenvalue weighted by Crippen LogP contribution is -2.20. The summed E-state index contributed by atoms with van der Waals surface area (Å²) in [5.74, 6) is 0.952. The molecule has 148 valence electrons. The van der Waals surface area contributed by atoms with Crippen molar-refractivity contribution in [2.45, 2.75) is 17.0 Å². The van der Waals surface area contributed by atoms with Gasteiger partial charge in [-0.25, -0.2) is 13.1 Å². The molecular weight excluding hydrogens is 402 g/mol. The normalized spacial score (nSPS) is 11.5. The number of aryl methyl sites for hydroxylation is 1. The molecule has 1 aromatic carbocycles. The second-order valence-corrected chi connectivity index (χ2v) is 8.66. The van der Waals surface area contributed by atoms with Crippen LogP contribution in [0.1, 0.15) is 5.56 Å². The largest absolute Gasteiger partial charge is 0.461 e. The average Bonchev–Trinajstić information content (AvgIpc) is 3.31.